The minimum absolute atomic E-state index is 0.267. The highest BCUT2D eigenvalue weighted by molar-refractivity contribution is 5.84. The quantitative estimate of drug-likeness (QED) is 0.686. The van der Waals surface area contributed by atoms with Crippen LogP contribution in [0.1, 0.15) is 31.0 Å². The minimum atomic E-state index is -0.632. The maximum atomic E-state index is 12.9. The first-order valence-corrected chi connectivity index (χ1v) is 9.66. The second-order valence-corrected chi connectivity index (χ2v) is 6.78. The highest BCUT2D eigenvalue weighted by atomic mass is 16.5. The molecular formula is C22H26N2O4. The number of likely N-dealkylation sites (tertiary alicyclic amines) is 1. The highest BCUT2D eigenvalue weighted by Gasteiger charge is 2.51. The van der Waals surface area contributed by atoms with Gasteiger partial charge in [0.05, 0.1) is 31.1 Å². The summed E-state index contributed by atoms with van der Waals surface area (Å²) in [6.45, 7) is 5.13. The molecule has 0 N–H and O–H groups in total. The average molecular weight is 382 g/mol. The van der Waals surface area contributed by atoms with E-state index >= 15 is 0 Å². The van der Waals surface area contributed by atoms with E-state index in [9.17, 15) is 9.59 Å². The second kappa shape index (κ2) is 9.46. The molecule has 148 valence electrons. The Bertz CT molecular complexity index is 782. The van der Waals surface area contributed by atoms with Crippen LogP contribution in [0.15, 0.2) is 54.9 Å². The van der Waals surface area contributed by atoms with Crippen molar-refractivity contribution in [2.24, 2.45) is 11.8 Å². The summed E-state index contributed by atoms with van der Waals surface area (Å²) in [4.78, 5) is 31.9. The van der Waals surface area contributed by atoms with Crippen molar-refractivity contribution in [2.75, 3.05) is 19.8 Å². The second-order valence-electron chi connectivity index (χ2n) is 6.78. The summed E-state index contributed by atoms with van der Waals surface area (Å²) in [5.41, 5.74) is 2.01. The van der Waals surface area contributed by atoms with E-state index in [0.717, 1.165) is 11.1 Å². The molecule has 3 unspecified atom stereocenters. The van der Waals surface area contributed by atoms with Crippen molar-refractivity contribution < 1.29 is 19.1 Å². The largest absolute Gasteiger partial charge is 0.466 e. The Morgan fingerprint density at radius 2 is 1.75 bits per heavy atom. The third-order valence-corrected chi connectivity index (χ3v) is 5.00. The van der Waals surface area contributed by atoms with Gasteiger partial charge in [0.1, 0.15) is 0 Å². The molecule has 3 atom stereocenters. The molecule has 2 aromatic rings. The third kappa shape index (κ3) is 4.39. The van der Waals surface area contributed by atoms with Crippen LogP contribution in [0.25, 0.3) is 0 Å². The van der Waals surface area contributed by atoms with E-state index < -0.39 is 11.8 Å². The Morgan fingerprint density at radius 3 is 2.39 bits per heavy atom. The van der Waals surface area contributed by atoms with E-state index in [1.807, 2.05) is 42.5 Å². The number of aromatic nitrogens is 1. The molecule has 3 rings (SSSR count). The monoisotopic (exact) mass is 382 g/mol. The lowest BCUT2D eigenvalue weighted by atomic mass is 9.87. The summed E-state index contributed by atoms with van der Waals surface area (Å²) in [7, 11) is 0. The number of benzene rings is 1. The molecule has 0 radical (unpaired) electrons. The third-order valence-electron chi connectivity index (χ3n) is 5.00. The summed E-state index contributed by atoms with van der Waals surface area (Å²) in [5.74, 6) is -1.94. The van der Waals surface area contributed by atoms with Crippen molar-refractivity contribution in [2.45, 2.75) is 26.4 Å². The first-order valence-electron chi connectivity index (χ1n) is 9.66. The van der Waals surface area contributed by atoms with Crippen LogP contribution in [0, 0.1) is 11.8 Å². The maximum Gasteiger partial charge on any atom is 0.311 e. The first-order chi connectivity index (χ1) is 13.7. The molecule has 0 saturated carbocycles. The maximum absolute atomic E-state index is 12.9. The van der Waals surface area contributed by atoms with Gasteiger partial charge in [-0.1, -0.05) is 36.4 Å². The first kappa shape index (κ1) is 20.0. The van der Waals surface area contributed by atoms with Gasteiger partial charge in [-0.3, -0.25) is 19.5 Å². The fourth-order valence-electron chi connectivity index (χ4n) is 3.88. The van der Waals surface area contributed by atoms with Gasteiger partial charge in [-0.2, -0.15) is 0 Å². The minimum Gasteiger partial charge on any atom is -0.466 e. The molecule has 1 saturated heterocycles. The number of hydrogen-bond acceptors (Lipinski definition) is 6. The molecule has 2 heterocycles. The number of ether oxygens (including phenoxy) is 2. The van der Waals surface area contributed by atoms with Crippen molar-refractivity contribution in [3.05, 3.63) is 66.0 Å². The predicted octanol–water partition coefficient (Wildman–Crippen LogP) is 3.00. The Kier molecular flexibility index (Phi) is 6.76. The van der Waals surface area contributed by atoms with Gasteiger partial charge in [0.25, 0.3) is 0 Å². The van der Waals surface area contributed by atoms with Crippen molar-refractivity contribution in [1.29, 1.82) is 0 Å². The average Bonchev–Trinajstić information content (AvgIpc) is 3.09. The zero-order chi connectivity index (χ0) is 19.9. The molecule has 6 nitrogen and oxygen atoms in total. The van der Waals surface area contributed by atoms with Gasteiger partial charge in [0, 0.05) is 25.5 Å². The van der Waals surface area contributed by atoms with Gasteiger partial charge in [0.2, 0.25) is 0 Å². The highest BCUT2D eigenvalue weighted by Crippen LogP contribution is 2.42. The van der Waals surface area contributed by atoms with E-state index in [4.69, 9.17) is 9.47 Å². The fraction of sp³-hybridized carbons (Fsp3) is 0.409. The van der Waals surface area contributed by atoms with Crippen LogP contribution in [0.4, 0.5) is 0 Å². The normalized spacial score (nSPS) is 22.0. The van der Waals surface area contributed by atoms with Gasteiger partial charge >= 0.3 is 11.9 Å². The number of pyridine rings is 1. The van der Waals surface area contributed by atoms with Crippen LogP contribution in [-0.2, 0) is 25.6 Å². The lowest BCUT2D eigenvalue weighted by molar-refractivity contribution is -0.159. The standard InChI is InChI=1S/C22H26N2O4/c1-3-27-21(25)18-15-24(14-16-9-6-5-7-10-16)20(17-11-8-12-23-13-17)19(18)22(26)28-4-2/h5-13,18-20H,3-4,14-15H2,1-2H3. The van der Waals surface area contributed by atoms with Crippen LogP contribution < -0.4 is 0 Å². The van der Waals surface area contributed by atoms with Crippen molar-refractivity contribution >= 4 is 11.9 Å². The van der Waals surface area contributed by atoms with E-state index in [-0.39, 0.29) is 31.2 Å². The Hall–Kier alpha value is -2.73. The van der Waals surface area contributed by atoms with Gasteiger partial charge in [-0.05, 0) is 31.0 Å². The van der Waals surface area contributed by atoms with Crippen LogP contribution in [-0.4, -0.2) is 41.6 Å². The molecule has 28 heavy (non-hydrogen) atoms. The van der Waals surface area contributed by atoms with Gasteiger partial charge in [-0.25, -0.2) is 0 Å². The number of esters is 2. The molecule has 0 bridgehead atoms. The number of nitrogens with zero attached hydrogens (tertiary/aromatic N) is 2. The van der Waals surface area contributed by atoms with E-state index in [1.54, 1.807) is 26.2 Å². The molecule has 1 aliphatic heterocycles. The summed E-state index contributed by atoms with van der Waals surface area (Å²) in [6, 6.07) is 13.5. The Labute approximate surface area is 165 Å². The number of carbonyl (C=O) groups excluding carboxylic acids is 2. The zero-order valence-corrected chi connectivity index (χ0v) is 16.3. The van der Waals surface area contributed by atoms with E-state index in [1.165, 1.54) is 0 Å². The van der Waals surface area contributed by atoms with Crippen LogP contribution in [0.3, 0.4) is 0 Å². The topological polar surface area (TPSA) is 68.7 Å². The summed E-state index contributed by atoms with van der Waals surface area (Å²) in [5, 5.41) is 0. The van der Waals surface area contributed by atoms with E-state index in [0.29, 0.717) is 13.1 Å². The van der Waals surface area contributed by atoms with Crippen LogP contribution in [0.5, 0.6) is 0 Å². The molecule has 0 amide bonds. The molecule has 1 aromatic carbocycles. The molecule has 1 aliphatic rings. The number of carbonyl (C=O) groups is 2. The number of rotatable bonds is 7. The van der Waals surface area contributed by atoms with Gasteiger partial charge < -0.3 is 9.47 Å². The van der Waals surface area contributed by atoms with Crippen LogP contribution in [0.2, 0.25) is 0 Å². The lowest BCUT2D eigenvalue weighted by Crippen LogP contribution is -2.33. The Balaban J connectivity index is 1.99. The smallest absolute Gasteiger partial charge is 0.311 e. The molecule has 0 spiro atoms. The predicted molar refractivity (Wildman–Crippen MR) is 104 cm³/mol. The molecule has 6 heteroatoms. The summed E-state index contributed by atoms with van der Waals surface area (Å²) >= 11 is 0. The lowest BCUT2D eigenvalue weighted by Gasteiger charge is -2.27. The van der Waals surface area contributed by atoms with Gasteiger partial charge in [-0.15, -0.1) is 0 Å². The number of hydrogen-bond donors (Lipinski definition) is 0. The van der Waals surface area contributed by atoms with Crippen LogP contribution >= 0.6 is 0 Å². The van der Waals surface area contributed by atoms with Crippen molar-refractivity contribution in [3.63, 3.8) is 0 Å². The Morgan fingerprint density at radius 1 is 1.04 bits per heavy atom. The molecular weight excluding hydrogens is 356 g/mol. The molecule has 1 fully saturated rings. The van der Waals surface area contributed by atoms with Gasteiger partial charge in [0.15, 0.2) is 0 Å². The summed E-state index contributed by atoms with van der Waals surface area (Å²) in [6.07, 6.45) is 3.45. The van der Waals surface area contributed by atoms with Crippen molar-refractivity contribution in [3.8, 4) is 0 Å². The molecule has 0 aliphatic carbocycles. The zero-order valence-electron chi connectivity index (χ0n) is 16.3. The summed E-state index contributed by atoms with van der Waals surface area (Å²) < 4.78 is 10.6. The SMILES string of the molecule is CCOC(=O)C1CN(Cc2ccccc2)C(c2cccnc2)C1C(=O)OCC. The van der Waals surface area contributed by atoms with E-state index in [2.05, 4.69) is 9.88 Å². The fourth-order valence-corrected chi connectivity index (χ4v) is 3.88. The molecule has 1 aromatic heterocycles. The van der Waals surface area contributed by atoms with Crippen molar-refractivity contribution in [1.82, 2.24) is 9.88 Å².